The van der Waals surface area contributed by atoms with Crippen LogP contribution in [-0.4, -0.2) is 26.3 Å². The molecule has 1 aromatic rings. The fraction of sp³-hybridized carbons (Fsp3) is 0.273. The number of carboxylic acids is 1. The molecule has 1 aromatic carbocycles. The first-order chi connectivity index (χ1) is 9.22. The van der Waals surface area contributed by atoms with Crippen molar-refractivity contribution in [1.82, 2.24) is 4.72 Å². The molecule has 0 unspecified atom stereocenters. The van der Waals surface area contributed by atoms with Crippen molar-refractivity contribution in [3.8, 4) is 0 Å². The number of halogens is 1. The molecule has 3 N–H and O–H groups in total. The van der Waals surface area contributed by atoms with E-state index in [4.69, 9.17) is 5.73 Å². The maximum atomic E-state index is 12.7. The summed E-state index contributed by atoms with van der Waals surface area (Å²) in [6, 6.07) is 2.21. The SMILES string of the molecule is NC(=O)CC[C@@H](NS(=O)(=O)c1ccc(F)cc1)C(=O)[O-]. The van der Waals surface area contributed by atoms with Crippen LogP contribution in [0.1, 0.15) is 12.8 Å². The summed E-state index contributed by atoms with van der Waals surface area (Å²) in [4.78, 5) is 21.1. The zero-order valence-corrected chi connectivity index (χ0v) is 11.0. The van der Waals surface area contributed by atoms with Gasteiger partial charge in [-0.1, -0.05) is 0 Å². The van der Waals surface area contributed by atoms with E-state index in [-0.39, 0.29) is 17.7 Å². The lowest BCUT2D eigenvalue weighted by Gasteiger charge is -2.19. The smallest absolute Gasteiger partial charge is 0.241 e. The van der Waals surface area contributed by atoms with Crippen LogP contribution in [0.2, 0.25) is 0 Å². The van der Waals surface area contributed by atoms with Crippen LogP contribution in [-0.2, 0) is 19.6 Å². The molecule has 110 valence electrons. The number of carbonyl (C=O) groups is 2. The second-order valence-electron chi connectivity index (χ2n) is 3.95. The summed E-state index contributed by atoms with van der Waals surface area (Å²) in [5, 5.41) is 10.8. The molecule has 7 nitrogen and oxygen atoms in total. The highest BCUT2D eigenvalue weighted by Crippen LogP contribution is 2.11. The van der Waals surface area contributed by atoms with Crippen molar-refractivity contribution in [3.05, 3.63) is 30.1 Å². The molecule has 0 saturated carbocycles. The number of rotatable bonds is 7. The van der Waals surface area contributed by atoms with E-state index in [2.05, 4.69) is 0 Å². The lowest BCUT2D eigenvalue weighted by Crippen LogP contribution is -2.48. The Balaban J connectivity index is 2.88. The number of hydrogen-bond donors (Lipinski definition) is 2. The first-order valence-electron chi connectivity index (χ1n) is 5.49. The van der Waals surface area contributed by atoms with Gasteiger partial charge < -0.3 is 15.6 Å². The molecule has 0 spiro atoms. The maximum Gasteiger partial charge on any atom is 0.241 e. The molecule has 1 atom stereocenters. The predicted octanol–water partition coefficient (Wildman–Crippen LogP) is -1.51. The van der Waals surface area contributed by atoms with Gasteiger partial charge >= 0.3 is 0 Å². The normalized spacial score (nSPS) is 12.8. The van der Waals surface area contributed by atoms with Crippen LogP contribution >= 0.6 is 0 Å². The standard InChI is InChI=1S/C11H13FN2O5S/c12-7-1-3-8(4-2-7)20(18,19)14-9(11(16)17)5-6-10(13)15/h1-4,9,14H,5-6H2,(H2,13,15)(H,16,17)/p-1/t9-/m1/s1. The van der Waals surface area contributed by atoms with Gasteiger partial charge in [0, 0.05) is 6.42 Å². The fourth-order valence-electron chi connectivity index (χ4n) is 1.38. The van der Waals surface area contributed by atoms with E-state index in [1.165, 1.54) is 0 Å². The number of aliphatic carboxylic acids is 1. The molecule has 0 aliphatic carbocycles. The Labute approximate surface area is 114 Å². The van der Waals surface area contributed by atoms with Crippen LogP contribution in [0.15, 0.2) is 29.2 Å². The number of carbonyl (C=O) groups excluding carboxylic acids is 2. The van der Waals surface area contributed by atoms with E-state index in [1.807, 2.05) is 4.72 Å². The third kappa shape index (κ3) is 4.59. The predicted molar refractivity (Wildman–Crippen MR) is 63.9 cm³/mol. The molecule has 9 heteroatoms. The van der Waals surface area contributed by atoms with Crippen LogP contribution in [0.4, 0.5) is 4.39 Å². The highest BCUT2D eigenvalue weighted by molar-refractivity contribution is 7.89. The van der Waals surface area contributed by atoms with Gasteiger partial charge in [-0.25, -0.2) is 17.5 Å². The average molecular weight is 303 g/mol. The minimum atomic E-state index is -4.16. The van der Waals surface area contributed by atoms with Gasteiger partial charge in [-0.05, 0) is 30.7 Å². The molecule has 0 radical (unpaired) electrons. The van der Waals surface area contributed by atoms with Crippen molar-refractivity contribution in [2.75, 3.05) is 0 Å². The van der Waals surface area contributed by atoms with Crippen LogP contribution < -0.4 is 15.6 Å². The second kappa shape index (κ2) is 6.44. The number of primary amides is 1. The van der Waals surface area contributed by atoms with Crippen LogP contribution in [0.25, 0.3) is 0 Å². The number of nitrogens with one attached hydrogen (secondary N) is 1. The Kier molecular flexibility index (Phi) is 5.17. The summed E-state index contributed by atoms with van der Waals surface area (Å²) in [6.07, 6.45) is -0.650. The molecule has 0 saturated heterocycles. The van der Waals surface area contributed by atoms with Crippen LogP contribution in [0.5, 0.6) is 0 Å². The molecule has 0 heterocycles. The van der Waals surface area contributed by atoms with Gasteiger partial charge in [0.2, 0.25) is 15.9 Å². The third-order valence-electron chi connectivity index (χ3n) is 2.39. The third-order valence-corrected chi connectivity index (χ3v) is 3.87. The summed E-state index contributed by atoms with van der Waals surface area (Å²) in [6.45, 7) is 0. The number of benzene rings is 1. The Hall–Kier alpha value is -2.00. The topological polar surface area (TPSA) is 129 Å². The minimum absolute atomic E-state index is 0.302. The van der Waals surface area contributed by atoms with Gasteiger partial charge in [-0.3, -0.25) is 4.79 Å². The van der Waals surface area contributed by atoms with E-state index in [0.29, 0.717) is 0 Å². The Morgan fingerprint density at radius 2 is 1.85 bits per heavy atom. The van der Waals surface area contributed by atoms with Gasteiger partial charge in [0.25, 0.3) is 0 Å². The lowest BCUT2D eigenvalue weighted by atomic mass is 10.2. The number of hydrogen-bond acceptors (Lipinski definition) is 5. The highest BCUT2D eigenvalue weighted by atomic mass is 32.2. The summed E-state index contributed by atoms with van der Waals surface area (Å²) < 4.78 is 38.3. The Morgan fingerprint density at radius 1 is 1.30 bits per heavy atom. The van der Waals surface area contributed by atoms with Gasteiger partial charge in [-0.15, -0.1) is 0 Å². The zero-order chi connectivity index (χ0) is 15.3. The molecule has 20 heavy (non-hydrogen) atoms. The van der Waals surface area contributed by atoms with Crippen molar-refractivity contribution in [2.24, 2.45) is 5.73 Å². The number of sulfonamides is 1. The molecule has 0 fully saturated rings. The Morgan fingerprint density at radius 3 is 2.30 bits per heavy atom. The van der Waals surface area contributed by atoms with Crippen molar-refractivity contribution in [1.29, 1.82) is 0 Å². The zero-order valence-electron chi connectivity index (χ0n) is 10.2. The number of amides is 1. The van der Waals surface area contributed by atoms with E-state index in [0.717, 1.165) is 24.3 Å². The molecule has 1 amide bonds. The molecular weight excluding hydrogens is 291 g/mol. The highest BCUT2D eigenvalue weighted by Gasteiger charge is 2.21. The fourth-order valence-corrected chi connectivity index (χ4v) is 2.60. The van der Waals surface area contributed by atoms with Gasteiger partial charge in [0.1, 0.15) is 5.82 Å². The Bertz CT molecular complexity index is 600. The maximum absolute atomic E-state index is 12.7. The van der Waals surface area contributed by atoms with E-state index >= 15 is 0 Å². The first kappa shape index (κ1) is 16.1. The minimum Gasteiger partial charge on any atom is -0.548 e. The van der Waals surface area contributed by atoms with Crippen molar-refractivity contribution >= 4 is 21.9 Å². The number of nitrogens with two attached hydrogens (primary N) is 1. The van der Waals surface area contributed by atoms with E-state index in [9.17, 15) is 27.5 Å². The molecule has 0 bridgehead atoms. The molecule has 0 aliphatic heterocycles. The quantitative estimate of drug-likeness (QED) is 0.632. The summed E-state index contributed by atoms with van der Waals surface area (Å²) in [7, 11) is -4.16. The summed E-state index contributed by atoms with van der Waals surface area (Å²) >= 11 is 0. The van der Waals surface area contributed by atoms with Crippen molar-refractivity contribution in [2.45, 2.75) is 23.8 Å². The van der Waals surface area contributed by atoms with Gasteiger partial charge in [0.05, 0.1) is 16.9 Å². The van der Waals surface area contributed by atoms with E-state index < -0.39 is 33.8 Å². The van der Waals surface area contributed by atoms with Crippen LogP contribution in [0, 0.1) is 5.82 Å². The molecule has 0 aliphatic rings. The molecule has 1 rings (SSSR count). The monoisotopic (exact) mass is 303 g/mol. The average Bonchev–Trinajstić information content (AvgIpc) is 2.34. The van der Waals surface area contributed by atoms with Crippen molar-refractivity contribution in [3.63, 3.8) is 0 Å². The molecule has 0 aromatic heterocycles. The van der Waals surface area contributed by atoms with Gasteiger partial charge in [-0.2, -0.15) is 0 Å². The molecular formula is C11H12FN2O5S-. The largest absolute Gasteiger partial charge is 0.548 e. The summed E-state index contributed by atoms with van der Waals surface area (Å²) in [5.74, 6) is -3.08. The lowest BCUT2D eigenvalue weighted by molar-refractivity contribution is -0.308. The van der Waals surface area contributed by atoms with E-state index in [1.54, 1.807) is 0 Å². The first-order valence-corrected chi connectivity index (χ1v) is 6.98. The van der Waals surface area contributed by atoms with Gasteiger partial charge in [0.15, 0.2) is 0 Å². The van der Waals surface area contributed by atoms with Crippen LogP contribution in [0.3, 0.4) is 0 Å². The number of carboxylic acid groups (broad SMARTS) is 1. The summed E-state index contributed by atoms with van der Waals surface area (Å²) in [5.41, 5.74) is 4.86. The second-order valence-corrected chi connectivity index (χ2v) is 5.67. The van der Waals surface area contributed by atoms with Crippen molar-refractivity contribution < 1.29 is 27.5 Å².